The van der Waals surface area contributed by atoms with Crippen LogP contribution >= 0.6 is 30.3 Å². The molecule has 0 atom stereocenters. The third-order valence-electron chi connectivity index (χ3n) is 3.79. The zero-order chi connectivity index (χ0) is 23.7. The molecule has 3 aromatic rings. The number of halogens is 3. The van der Waals surface area contributed by atoms with Gasteiger partial charge in [-0.1, -0.05) is 20.8 Å². The Hall–Kier alpha value is -2.02. The second-order valence-electron chi connectivity index (χ2n) is 7.42. The van der Waals surface area contributed by atoms with Crippen molar-refractivity contribution >= 4 is 53.1 Å². The number of hydrogen-bond acceptors (Lipinski definition) is 7. The maximum absolute atomic E-state index is 14.1. The minimum Gasteiger partial charge on any atom is -0.466 e. The number of hydrogen-bond donors (Lipinski definition) is 1. The molecule has 0 unspecified atom stereocenters. The fourth-order valence-electron chi connectivity index (χ4n) is 2.58. The van der Waals surface area contributed by atoms with E-state index in [1.807, 2.05) is 0 Å². The number of rotatable bonds is 8. The SMILES string of the molecule is CC(C)C.CCOC(=O)CCCNc1nc(-c2cn(SI)c3ncc(F)cc23)ncc1F. The molecule has 0 bridgehead atoms. The van der Waals surface area contributed by atoms with Gasteiger partial charge in [0.25, 0.3) is 0 Å². The highest BCUT2D eigenvalue weighted by molar-refractivity contribution is 14.2. The molecule has 0 saturated heterocycles. The van der Waals surface area contributed by atoms with Crippen LogP contribution < -0.4 is 5.32 Å². The molecule has 0 aliphatic rings. The van der Waals surface area contributed by atoms with Gasteiger partial charge < -0.3 is 10.1 Å². The maximum atomic E-state index is 14.1. The van der Waals surface area contributed by atoms with Crippen molar-refractivity contribution in [2.75, 3.05) is 18.5 Å². The van der Waals surface area contributed by atoms with Crippen LogP contribution in [0.1, 0.15) is 40.5 Å². The summed E-state index contributed by atoms with van der Waals surface area (Å²) in [6.45, 7) is 8.91. The summed E-state index contributed by atoms with van der Waals surface area (Å²) in [4.78, 5) is 23.7. The lowest BCUT2D eigenvalue weighted by Crippen LogP contribution is -2.10. The Morgan fingerprint density at radius 3 is 2.66 bits per heavy atom. The van der Waals surface area contributed by atoms with Gasteiger partial charge in [-0.3, -0.25) is 8.77 Å². The van der Waals surface area contributed by atoms with Crippen molar-refractivity contribution in [3.8, 4) is 11.4 Å². The van der Waals surface area contributed by atoms with E-state index >= 15 is 0 Å². The molecule has 0 aliphatic carbocycles. The lowest BCUT2D eigenvalue weighted by atomic mass is 10.2. The number of fused-ring (bicyclic) bond motifs is 1. The van der Waals surface area contributed by atoms with Crippen molar-refractivity contribution in [2.45, 2.75) is 40.5 Å². The third-order valence-corrected chi connectivity index (χ3v) is 5.49. The number of carbonyl (C=O) groups is 1. The fraction of sp³-hybridized carbons (Fsp3) is 0.429. The first-order valence-corrected chi connectivity index (χ1v) is 13.5. The average molecular weight is 577 g/mol. The lowest BCUT2D eigenvalue weighted by molar-refractivity contribution is -0.143. The largest absolute Gasteiger partial charge is 0.466 e. The van der Waals surface area contributed by atoms with E-state index in [-0.39, 0.29) is 24.0 Å². The standard InChI is InChI=1S/C17H16F2IN5O2S.C4H10/c1-2-27-14(26)4-3-5-21-16-13(19)8-22-15(24-16)12-9-25(28-20)17-11(12)6-10(18)7-23-17;1-4(2)3/h6-9H,2-5H2,1H3,(H,21,22,24);4H,1-3H3. The second-order valence-corrected chi connectivity index (χ2v) is 9.13. The molecule has 0 fully saturated rings. The van der Waals surface area contributed by atoms with Gasteiger partial charge in [0.1, 0.15) is 5.82 Å². The molecule has 0 amide bonds. The molecule has 3 heterocycles. The van der Waals surface area contributed by atoms with Crippen LogP contribution in [0.5, 0.6) is 0 Å². The van der Waals surface area contributed by atoms with Gasteiger partial charge in [-0.25, -0.2) is 23.7 Å². The van der Waals surface area contributed by atoms with Crippen LogP contribution in [0.3, 0.4) is 0 Å². The van der Waals surface area contributed by atoms with Crippen LogP contribution in [-0.2, 0) is 9.53 Å². The molecule has 0 radical (unpaired) electrons. The first-order chi connectivity index (χ1) is 15.3. The average Bonchev–Trinajstić information content (AvgIpc) is 3.10. The Kier molecular flexibility index (Phi) is 10.6. The Labute approximate surface area is 202 Å². The first-order valence-electron chi connectivity index (χ1n) is 10.1. The van der Waals surface area contributed by atoms with E-state index in [0.29, 0.717) is 36.2 Å². The van der Waals surface area contributed by atoms with E-state index in [1.54, 1.807) is 17.1 Å². The summed E-state index contributed by atoms with van der Waals surface area (Å²) < 4.78 is 34.4. The Bertz CT molecular complexity index is 1050. The van der Waals surface area contributed by atoms with Gasteiger partial charge in [-0.2, -0.15) is 0 Å². The summed E-state index contributed by atoms with van der Waals surface area (Å²) in [5.41, 5.74) is 1.11. The third kappa shape index (κ3) is 7.54. The van der Waals surface area contributed by atoms with Gasteiger partial charge in [0.15, 0.2) is 23.1 Å². The minimum absolute atomic E-state index is 0.0150. The summed E-state index contributed by atoms with van der Waals surface area (Å²) in [6.07, 6.45) is 4.62. The molecule has 32 heavy (non-hydrogen) atoms. The van der Waals surface area contributed by atoms with E-state index in [1.165, 1.54) is 15.2 Å². The van der Waals surface area contributed by atoms with Gasteiger partial charge in [0.05, 0.1) is 19.0 Å². The number of aromatic nitrogens is 4. The van der Waals surface area contributed by atoms with Crippen molar-refractivity contribution < 1.29 is 18.3 Å². The molecule has 0 aromatic carbocycles. The molecular weight excluding hydrogens is 551 g/mol. The summed E-state index contributed by atoms with van der Waals surface area (Å²) >= 11 is 2.08. The van der Waals surface area contributed by atoms with Crippen molar-refractivity contribution in [3.63, 3.8) is 0 Å². The summed E-state index contributed by atoms with van der Waals surface area (Å²) in [7, 11) is 1.36. The molecule has 1 N–H and O–H groups in total. The van der Waals surface area contributed by atoms with Gasteiger partial charge in [-0.05, 0) is 25.3 Å². The topological polar surface area (TPSA) is 81.9 Å². The minimum atomic E-state index is -0.615. The molecule has 11 heteroatoms. The highest BCUT2D eigenvalue weighted by atomic mass is 127. The van der Waals surface area contributed by atoms with E-state index in [4.69, 9.17) is 4.74 Å². The first kappa shape index (κ1) is 26.2. The molecule has 174 valence electrons. The Balaban J connectivity index is 0.000000837. The zero-order valence-electron chi connectivity index (χ0n) is 18.4. The molecule has 0 spiro atoms. The highest BCUT2D eigenvalue weighted by Crippen LogP contribution is 2.33. The monoisotopic (exact) mass is 577 g/mol. The van der Waals surface area contributed by atoms with Crippen LogP contribution in [0, 0.1) is 17.6 Å². The quantitative estimate of drug-likeness (QED) is 0.199. The molecule has 3 rings (SSSR count). The highest BCUT2D eigenvalue weighted by Gasteiger charge is 2.17. The van der Waals surface area contributed by atoms with Crippen molar-refractivity contribution in [2.24, 2.45) is 5.92 Å². The summed E-state index contributed by atoms with van der Waals surface area (Å²) in [5.74, 6) is -0.301. The van der Waals surface area contributed by atoms with Gasteiger partial charge in [-0.15, -0.1) is 0 Å². The van der Waals surface area contributed by atoms with Crippen LogP contribution in [0.25, 0.3) is 22.4 Å². The number of nitrogens with one attached hydrogen (secondary N) is 1. The lowest BCUT2D eigenvalue weighted by Gasteiger charge is -2.08. The van der Waals surface area contributed by atoms with E-state index in [9.17, 15) is 13.6 Å². The maximum Gasteiger partial charge on any atom is 0.305 e. The van der Waals surface area contributed by atoms with Crippen LogP contribution in [0.15, 0.2) is 24.7 Å². The number of carbonyl (C=O) groups excluding carboxylic acids is 1. The van der Waals surface area contributed by atoms with Crippen molar-refractivity contribution in [3.05, 3.63) is 36.3 Å². The van der Waals surface area contributed by atoms with Crippen molar-refractivity contribution in [1.29, 1.82) is 0 Å². The van der Waals surface area contributed by atoms with Gasteiger partial charge >= 0.3 is 5.97 Å². The number of pyridine rings is 1. The summed E-state index contributed by atoms with van der Waals surface area (Å²) in [5, 5.41) is 3.40. The van der Waals surface area contributed by atoms with Crippen LogP contribution in [-0.4, -0.2) is 38.0 Å². The smallest absolute Gasteiger partial charge is 0.305 e. The Morgan fingerprint density at radius 1 is 1.28 bits per heavy atom. The van der Waals surface area contributed by atoms with Crippen molar-refractivity contribution in [1.82, 2.24) is 18.9 Å². The van der Waals surface area contributed by atoms with Crippen LogP contribution in [0.2, 0.25) is 0 Å². The molecule has 7 nitrogen and oxygen atoms in total. The van der Waals surface area contributed by atoms with Gasteiger partial charge in [0.2, 0.25) is 0 Å². The molecular formula is C21H26F2IN5O2S. The molecule has 0 aliphatic heterocycles. The molecule has 3 aromatic heterocycles. The number of nitrogens with zero attached hydrogens (tertiary/aromatic N) is 4. The van der Waals surface area contributed by atoms with Gasteiger partial charge in [0, 0.05) is 60.4 Å². The van der Waals surface area contributed by atoms with E-state index in [2.05, 4.69) is 62.2 Å². The molecule has 0 saturated carbocycles. The summed E-state index contributed by atoms with van der Waals surface area (Å²) in [6, 6.07) is 1.35. The normalized spacial score (nSPS) is 10.8. The Morgan fingerprint density at radius 2 is 2.00 bits per heavy atom. The second kappa shape index (κ2) is 12.9. The van der Waals surface area contributed by atoms with Crippen LogP contribution in [0.4, 0.5) is 14.6 Å². The van der Waals surface area contributed by atoms with E-state index in [0.717, 1.165) is 18.3 Å². The van der Waals surface area contributed by atoms with E-state index < -0.39 is 11.6 Å². The fourth-order valence-corrected chi connectivity index (χ4v) is 3.84. The number of esters is 1. The predicted octanol–water partition coefficient (Wildman–Crippen LogP) is 6.04. The number of ether oxygens (including phenoxy) is 1. The zero-order valence-corrected chi connectivity index (χ0v) is 21.3. The number of anilines is 1. The predicted molar refractivity (Wildman–Crippen MR) is 133 cm³/mol.